The third-order valence-electron chi connectivity index (χ3n) is 3.26. The van der Waals surface area contributed by atoms with E-state index in [1.165, 1.54) is 5.56 Å². The van der Waals surface area contributed by atoms with E-state index in [0.717, 1.165) is 17.8 Å². The maximum absolute atomic E-state index is 11.7. The highest BCUT2D eigenvalue weighted by atomic mass is 16.2. The SMILES string of the molecule is Cc1ccc(N2CCNC(=O)C2C)c(CN)c1. The van der Waals surface area contributed by atoms with E-state index in [2.05, 4.69) is 35.3 Å². The van der Waals surface area contributed by atoms with Gasteiger partial charge in [-0.3, -0.25) is 4.79 Å². The molecular formula is C13H19N3O. The highest BCUT2D eigenvalue weighted by molar-refractivity contribution is 5.86. The summed E-state index contributed by atoms with van der Waals surface area (Å²) in [6, 6.07) is 6.09. The predicted octanol–water partition coefficient (Wildman–Crippen LogP) is 0.778. The zero-order chi connectivity index (χ0) is 12.4. The minimum absolute atomic E-state index is 0.0831. The van der Waals surface area contributed by atoms with Gasteiger partial charge in [-0.25, -0.2) is 0 Å². The molecule has 4 heteroatoms. The maximum atomic E-state index is 11.7. The van der Waals surface area contributed by atoms with Crippen LogP contribution in [0.2, 0.25) is 0 Å². The molecule has 17 heavy (non-hydrogen) atoms. The summed E-state index contributed by atoms with van der Waals surface area (Å²) in [5, 5.41) is 2.87. The van der Waals surface area contributed by atoms with Crippen LogP contribution in [0.15, 0.2) is 18.2 Å². The fourth-order valence-corrected chi connectivity index (χ4v) is 2.27. The van der Waals surface area contributed by atoms with Crippen molar-refractivity contribution in [3.05, 3.63) is 29.3 Å². The van der Waals surface area contributed by atoms with E-state index in [1.54, 1.807) is 0 Å². The van der Waals surface area contributed by atoms with Gasteiger partial charge in [-0.2, -0.15) is 0 Å². The van der Waals surface area contributed by atoms with Crippen molar-refractivity contribution >= 4 is 11.6 Å². The molecule has 1 saturated heterocycles. The average molecular weight is 233 g/mol. The van der Waals surface area contributed by atoms with Crippen molar-refractivity contribution in [2.75, 3.05) is 18.0 Å². The van der Waals surface area contributed by atoms with Gasteiger partial charge in [0.25, 0.3) is 0 Å². The van der Waals surface area contributed by atoms with E-state index in [9.17, 15) is 4.79 Å². The monoisotopic (exact) mass is 233 g/mol. The zero-order valence-corrected chi connectivity index (χ0v) is 10.4. The van der Waals surface area contributed by atoms with Crippen molar-refractivity contribution in [3.63, 3.8) is 0 Å². The zero-order valence-electron chi connectivity index (χ0n) is 10.4. The van der Waals surface area contributed by atoms with E-state index in [0.29, 0.717) is 13.1 Å². The van der Waals surface area contributed by atoms with E-state index in [-0.39, 0.29) is 11.9 Å². The Labute approximate surface area is 102 Å². The Balaban J connectivity index is 2.35. The van der Waals surface area contributed by atoms with E-state index in [4.69, 9.17) is 5.73 Å². The summed E-state index contributed by atoms with van der Waals surface area (Å²) in [4.78, 5) is 13.8. The van der Waals surface area contributed by atoms with Gasteiger partial charge in [-0.1, -0.05) is 17.7 Å². The molecule has 0 spiro atoms. The average Bonchev–Trinajstić information content (AvgIpc) is 2.33. The van der Waals surface area contributed by atoms with Gasteiger partial charge in [0.1, 0.15) is 6.04 Å². The van der Waals surface area contributed by atoms with Crippen molar-refractivity contribution in [1.29, 1.82) is 0 Å². The van der Waals surface area contributed by atoms with Crippen LogP contribution in [0.4, 0.5) is 5.69 Å². The molecule has 3 N–H and O–H groups in total. The summed E-state index contributed by atoms with van der Waals surface area (Å²) in [6.45, 7) is 6.01. The Morgan fingerprint density at radius 2 is 2.29 bits per heavy atom. The molecule has 1 fully saturated rings. The van der Waals surface area contributed by atoms with Gasteiger partial charge in [-0.05, 0) is 25.5 Å². The summed E-state index contributed by atoms with van der Waals surface area (Å²) in [5.41, 5.74) is 9.16. The fraction of sp³-hybridized carbons (Fsp3) is 0.462. The van der Waals surface area contributed by atoms with Gasteiger partial charge in [0, 0.05) is 25.3 Å². The van der Waals surface area contributed by atoms with E-state index < -0.39 is 0 Å². The number of amides is 1. The van der Waals surface area contributed by atoms with Crippen molar-refractivity contribution in [2.45, 2.75) is 26.4 Å². The van der Waals surface area contributed by atoms with E-state index >= 15 is 0 Å². The number of rotatable bonds is 2. The quantitative estimate of drug-likeness (QED) is 0.793. The molecule has 1 aromatic carbocycles. The first-order valence-electron chi connectivity index (χ1n) is 5.97. The molecule has 1 atom stereocenters. The van der Waals surface area contributed by atoms with Crippen LogP contribution in [0.3, 0.4) is 0 Å². The van der Waals surface area contributed by atoms with Gasteiger partial charge in [0.2, 0.25) is 5.91 Å². The second kappa shape index (κ2) is 4.75. The van der Waals surface area contributed by atoms with Crippen molar-refractivity contribution < 1.29 is 4.79 Å². The molecule has 4 nitrogen and oxygen atoms in total. The minimum atomic E-state index is -0.128. The third-order valence-corrected chi connectivity index (χ3v) is 3.26. The van der Waals surface area contributed by atoms with Crippen molar-refractivity contribution in [1.82, 2.24) is 5.32 Å². The van der Waals surface area contributed by atoms with Gasteiger partial charge in [0.15, 0.2) is 0 Å². The summed E-state index contributed by atoms with van der Waals surface area (Å²) in [7, 11) is 0. The molecule has 1 aliphatic rings. The molecule has 0 saturated carbocycles. The second-order valence-corrected chi connectivity index (χ2v) is 4.50. The number of nitrogens with one attached hydrogen (secondary N) is 1. The highest BCUT2D eigenvalue weighted by Gasteiger charge is 2.26. The Morgan fingerprint density at radius 1 is 1.53 bits per heavy atom. The summed E-state index contributed by atoms with van der Waals surface area (Å²) in [5.74, 6) is 0.0831. The summed E-state index contributed by atoms with van der Waals surface area (Å²) in [6.07, 6.45) is 0. The molecule has 0 aromatic heterocycles. The number of hydrogen-bond acceptors (Lipinski definition) is 3. The Bertz CT molecular complexity index is 431. The van der Waals surface area contributed by atoms with Crippen LogP contribution in [0.25, 0.3) is 0 Å². The van der Waals surface area contributed by atoms with Crippen LogP contribution in [-0.4, -0.2) is 25.0 Å². The molecule has 0 bridgehead atoms. The lowest BCUT2D eigenvalue weighted by Gasteiger charge is -2.36. The Hall–Kier alpha value is -1.55. The molecule has 92 valence electrons. The number of carbonyl (C=O) groups excluding carboxylic acids is 1. The van der Waals surface area contributed by atoms with Crippen LogP contribution in [-0.2, 0) is 11.3 Å². The maximum Gasteiger partial charge on any atom is 0.242 e. The Kier molecular flexibility index (Phi) is 3.33. The van der Waals surface area contributed by atoms with Gasteiger partial charge >= 0.3 is 0 Å². The van der Waals surface area contributed by atoms with Crippen LogP contribution in [0.5, 0.6) is 0 Å². The number of aryl methyl sites for hydroxylation is 1. The standard InChI is InChI=1S/C13H19N3O/c1-9-3-4-12(11(7-9)8-14)16-6-5-15-13(17)10(16)2/h3-4,7,10H,5-6,8,14H2,1-2H3,(H,15,17). The lowest BCUT2D eigenvalue weighted by atomic mass is 10.1. The lowest BCUT2D eigenvalue weighted by Crippen LogP contribution is -2.54. The summed E-state index contributed by atoms with van der Waals surface area (Å²) < 4.78 is 0. The molecule has 1 heterocycles. The third kappa shape index (κ3) is 2.26. The first kappa shape index (κ1) is 11.9. The normalized spacial score (nSPS) is 20.3. The van der Waals surface area contributed by atoms with Crippen LogP contribution >= 0.6 is 0 Å². The number of nitrogens with zero attached hydrogens (tertiary/aromatic N) is 1. The summed E-state index contributed by atoms with van der Waals surface area (Å²) >= 11 is 0. The van der Waals surface area contributed by atoms with Crippen molar-refractivity contribution in [2.24, 2.45) is 5.73 Å². The first-order chi connectivity index (χ1) is 8.13. The van der Waals surface area contributed by atoms with Gasteiger partial charge in [-0.15, -0.1) is 0 Å². The number of benzene rings is 1. The molecule has 0 aliphatic carbocycles. The number of piperazine rings is 1. The molecule has 1 amide bonds. The first-order valence-corrected chi connectivity index (χ1v) is 5.97. The minimum Gasteiger partial charge on any atom is -0.358 e. The van der Waals surface area contributed by atoms with Crippen LogP contribution < -0.4 is 16.0 Å². The number of carbonyl (C=O) groups is 1. The number of anilines is 1. The fourth-order valence-electron chi connectivity index (χ4n) is 2.27. The number of hydrogen-bond donors (Lipinski definition) is 2. The largest absolute Gasteiger partial charge is 0.358 e. The molecular weight excluding hydrogens is 214 g/mol. The van der Waals surface area contributed by atoms with Crippen molar-refractivity contribution in [3.8, 4) is 0 Å². The van der Waals surface area contributed by atoms with Crippen LogP contribution in [0.1, 0.15) is 18.1 Å². The number of nitrogens with two attached hydrogens (primary N) is 1. The molecule has 0 radical (unpaired) electrons. The highest BCUT2D eigenvalue weighted by Crippen LogP contribution is 2.24. The van der Waals surface area contributed by atoms with Gasteiger partial charge in [0.05, 0.1) is 0 Å². The topological polar surface area (TPSA) is 58.4 Å². The molecule has 1 aromatic rings. The van der Waals surface area contributed by atoms with E-state index in [1.807, 2.05) is 6.92 Å². The van der Waals surface area contributed by atoms with Gasteiger partial charge < -0.3 is 16.0 Å². The molecule has 1 aliphatic heterocycles. The second-order valence-electron chi connectivity index (χ2n) is 4.50. The molecule has 1 unspecified atom stereocenters. The Morgan fingerprint density at radius 3 is 3.00 bits per heavy atom. The predicted molar refractivity (Wildman–Crippen MR) is 68.9 cm³/mol. The van der Waals surface area contributed by atoms with Crippen LogP contribution in [0, 0.1) is 6.92 Å². The lowest BCUT2D eigenvalue weighted by molar-refractivity contribution is -0.122. The smallest absolute Gasteiger partial charge is 0.242 e. The molecule has 2 rings (SSSR count).